The van der Waals surface area contributed by atoms with E-state index in [2.05, 4.69) is 15.6 Å². The largest absolute Gasteiger partial charge is 0.445 e. The summed E-state index contributed by atoms with van der Waals surface area (Å²) in [7, 11) is 1.90. The summed E-state index contributed by atoms with van der Waals surface area (Å²) in [5.74, 6) is -0.164. The number of imidazole rings is 1. The molecule has 2 N–H and O–H groups in total. The van der Waals surface area contributed by atoms with Crippen LogP contribution in [0.5, 0.6) is 0 Å². The Balaban J connectivity index is 1.43. The molecule has 0 unspecified atom stereocenters. The van der Waals surface area contributed by atoms with E-state index < -0.39 is 6.09 Å². The lowest BCUT2D eigenvalue weighted by atomic mass is 10.2. The minimum absolute atomic E-state index is 0.164. The molecule has 0 atom stereocenters. The smallest absolute Gasteiger partial charge is 0.407 e. The normalized spacial score (nSPS) is 10.5. The summed E-state index contributed by atoms with van der Waals surface area (Å²) in [5.41, 5.74) is 1.54. The summed E-state index contributed by atoms with van der Waals surface area (Å²) in [6.45, 7) is 0.545. The highest BCUT2D eigenvalue weighted by Crippen LogP contribution is 2.34. The molecule has 2 amide bonds. The minimum Gasteiger partial charge on any atom is -0.445 e. The predicted octanol–water partition coefficient (Wildman–Crippen LogP) is 4.87. The van der Waals surface area contributed by atoms with Crippen molar-refractivity contribution in [3.63, 3.8) is 0 Å². The Morgan fingerprint density at radius 1 is 1.19 bits per heavy atom. The zero-order valence-corrected chi connectivity index (χ0v) is 18.6. The van der Waals surface area contributed by atoms with Gasteiger partial charge in [0.25, 0.3) is 0 Å². The molecule has 31 heavy (non-hydrogen) atoms. The minimum atomic E-state index is -0.507. The summed E-state index contributed by atoms with van der Waals surface area (Å²) in [6, 6.07) is 14.8. The Morgan fingerprint density at radius 3 is 2.74 bits per heavy atom. The second kappa shape index (κ2) is 11.4. The van der Waals surface area contributed by atoms with Gasteiger partial charge < -0.3 is 19.9 Å². The van der Waals surface area contributed by atoms with E-state index in [4.69, 9.17) is 16.3 Å². The molecule has 0 fully saturated rings. The van der Waals surface area contributed by atoms with Gasteiger partial charge in [0.2, 0.25) is 5.91 Å². The van der Waals surface area contributed by atoms with Gasteiger partial charge in [0.05, 0.1) is 5.69 Å². The van der Waals surface area contributed by atoms with Crippen LogP contribution in [0.25, 0.3) is 0 Å². The number of anilines is 1. The van der Waals surface area contributed by atoms with Gasteiger partial charge >= 0.3 is 6.09 Å². The van der Waals surface area contributed by atoms with Crippen LogP contribution < -0.4 is 10.6 Å². The van der Waals surface area contributed by atoms with Crippen molar-refractivity contribution in [3.05, 3.63) is 71.5 Å². The predicted molar refractivity (Wildman–Crippen MR) is 121 cm³/mol. The van der Waals surface area contributed by atoms with Crippen LogP contribution in [0.4, 0.5) is 10.5 Å². The Hall–Kier alpha value is -2.97. The lowest BCUT2D eigenvalue weighted by Crippen LogP contribution is -2.26. The monoisotopic (exact) mass is 458 g/mol. The number of rotatable bonds is 9. The number of carbonyl (C=O) groups is 2. The third-order valence-electron chi connectivity index (χ3n) is 4.26. The van der Waals surface area contributed by atoms with Crippen LogP contribution in [0.15, 0.2) is 71.0 Å². The maximum atomic E-state index is 12.4. The van der Waals surface area contributed by atoms with Crippen molar-refractivity contribution < 1.29 is 14.3 Å². The number of nitrogens with zero attached hydrogens (tertiary/aromatic N) is 2. The molecule has 0 saturated carbocycles. The van der Waals surface area contributed by atoms with E-state index >= 15 is 0 Å². The molecule has 1 heterocycles. The number of benzene rings is 2. The van der Waals surface area contributed by atoms with Crippen LogP contribution in [0.1, 0.15) is 18.4 Å². The van der Waals surface area contributed by atoms with Crippen molar-refractivity contribution >= 4 is 41.1 Å². The molecule has 0 saturated heterocycles. The Labute approximate surface area is 190 Å². The number of carbonyl (C=O) groups excluding carboxylic acids is 2. The van der Waals surface area contributed by atoms with E-state index in [1.54, 1.807) is 18.3 Å². The zero-order valence-electron chi connectivity index (χ0n) is 17.0. The molecule has 0 aliphatic carbocycles. The molecule has 3 rings (SSSR count). The number of aromatic nitrogens is 2. The first-order chi connectivity index (χ1) is 15.0. The van der Waals surface area contributed by atoms with Gasteiger partial charge in [-0.3, -0.25) is 4.79 Å². The highest BCUT2D eigenvalue weighted by Gasteiger charge is 2.12. The number of hydrogen-bond donors (Lipinski definition) is 2. The fraction of sp³-hybridized carbons (Fsp3) is 0.227. The molecular weight excluding hydrogens is 436 g/mol. The Bertz CT molecular complexity index is 1030. The fourth-order valence-corrected chi connectivity index (χ4v) is 3.71. The molecular formula is C22H23ClN4O3S. The zero-order chi connectivity index (χ0) is 22.1. The van der Waals surface area contributed by atoms with E-state index in [0.29, 0.717) is 23.7 Å². The lowest BCUT2D eigenvalue weighted by molar-refractivity contribution is -0.116. The quantitative estimate of drug-likeness (QED) is 0.447. The second-order valence-electron chi connectivity index (χ2n) is 6.70. The first-order valence-electron chi connectivity index (χ1n) is 9.70. The van der Waals surface area contributed by atoms with Crippen molar-refractivity contribution in [2.45, 2.75) is 29.5 Å². The van der Waals surface area contributed by atoms with E-state index in [9.17, 15) is 9.59 Å². The topological polar surface area (TPSA) is 85.3 Å². The number of aryl methyl sites for hydroxylation is 1. The third-order valence-corrected chi connectivity index (χ3v) is 5.64. The highest BCUT2D eigenvalue weighted by molar-refractivity contribution is 7.99. The number of nitrogens with one attached hydrogen (secondary N) is 2. The number of alkyl carbamates (subject to hydrolysis) is 1. The van der Waals surface area contributed by atoms with Gasteiger partial charge in [0.1, 0.15) is 6.61 Å². The van der Waals surface area contributed by atoms with Gasteiger partial charge in [-0.05, 0) is 41.9 Å². The van der Waals surface area contributed by atoms with Gasteiger partial charge in [-0.15, -0.1) is 0 Å². The molecule has 1 aromatic heterocycles. The van der Waals surface area contributed by atoms with Gasteiger partial charge in [-0.2, -0.15) is 0 Å². The molecule has 7 nitrogen and oxygen atoms in total. The maximum Gasteiger partial charge on any atom is 0.407 e. The summed E-state index contributed by atoms with van der Waals surface area (Å²) in [5, 5.41) is 6.88. The van der Waals surface area contributed by atoms with Crippen LogP contribution in [0.2, 0.25) is 5.02 Å². The molecule has 3 aromatic rings. The highest BCUT2D eigenvalue weighted by atomic mass is 35.5. The first-order valence-corrected chi connectivity index (χ1v) is 10.9. The van der Waals surface area contributed by atoms with Gasteiger partial charge in [-0.25, -0.2) is 9.78 Å². The van der Waals surface area contributed by atoms with Crippen LogP contribution in [0, 0.1) is 0 Å². The van der Waals surface area contributed by atoms with Crippen LogP contribution >= 0.6 is 23.4 Å². The average molecular weight is 459 g/mol. The van der Waals surface area contributed by atoms with Gasteiger partial charge in [0.15, 0.2) is 5.16 Å². The molecule has 0 aliphatic heterocycles. The van der Waals surface area contributed by atoms with Crippen molar-refractivity contribution in [3.8, 4) is 0 Å². The SMILES string of the molecule is Cn1ccnc1Sc1ccc(Cl)cc1NC(=O)CCCNC(=O)OCc1ccccc1. The molecule has 2 aromatic carbocycles. The Kier molecular flexibility index (Phi) is 8.37. The molecule has 0 aliphatic rings. The number of halogens is 1. The number of ether oxygens (including phenoxy) is 1. The second-order valence-corrected chi connectivity index (χ2v) is 8.15. The van der Waals surface area contributed by atoms with E-state index in [0.717, 1.165) is 15.6 Å². The van der Waals surface area contributed by atoms with Crippen molar-refractivity contribution in [1.82, 2.24) is 14.9 Å². The molecule has 162 valence electrons. The van der Waals surface area contributed by atoms with Crippen molar-refractivity contribution in [1.29, 1.82) is 0 Å². The van der Waals surface area contributed by atoms with Crippen molar-refractivity contribution in [2.24, 2.45) is 7.05 Å². The molecule has 9 heteroatoms. The fourth-order valence-electron chi connectivity index (χ4n) is 2.66. The van der Waals surface area contributed by atoms with E-state index in [-0.39, 0.29) is 18.9 Å². The van der Waals surface area contributed by atoms with Crippen molar-refractivity contribution in [2.75, 3.05) is 11.9 Å². The number of amides is 2. The lowest BCUT2D eigenvalue weighted by Gasteiger charge is -2.11. The van der Waals surface area contributed by atoms with Gasteiger partial charge in [0, 0.05) is 42.3 Å². The molecule has 0 bridgehead atoms. The summed E-state index contributed by atoms with van der Waals surface area (Å²) < 4.78 is 7.04. The Morgan fingerprint density at radius 2 is 2.00 bits per heavy atom. The number of hydrogen-bond acceptors (Lipinski definition) is 5. The summed E-state index contributed by atoms with van der Waals surface area (Å²) >= 11 is 7.55. The third kappa shape index (κ3) is 7.34. The standard InChI is InChI=1S/C22H23ClN4O3S/c1-27-13-12-24-21(27)31-19-10-9-17(23)14-18(19)26-20(28)8-5-11-25-22(29)30-15-16-6-3-2-4-7-16/h2-4,6-7,9-10,12-14H,5,8,11,15H2,1H3,(H,25,29)(H,26,28). The van der Waals surface area contributed by atoms with Crippen LogP contribution in [0.3, 0.4) is 0 Å². The average Bonchev–Trinajstić information content (AvgIpc) is 3.17. The summed E-state index contributed by atoms with van der Waals surface area (Å²) in [4.78, 5) is 29.3. The first kappa shape index (κ1) is 22.7. The van der Waals surface area contributed by atoms with Crippen LogP contribution in [-0.4, -0.2) is 28.1 Å². The summed E-state index contributed by atoms with van der Waals surface area (Å²) in [6.07, 6.45) is 3.79. The van der Waals surface area contributed by atoms with E-state index in [1.165, 1.54) is 11.8 Å². The molecule has 0 spiro atoms. The maximum absolute atomic E-state index is 12.4. The van der Waals surface area contributed by atoms with Crippen LogP contribution in [-0.2, 0) is 23.2 Å². The molecule has 0 radical (unpaired) electrons. The van der Waals surface area contributed by atoms with Gasteiger partial charge in [-0.1, -0.05) is 41.9 Å². The van der Waals surface area contributed by atoms with E-state index in [1.807, 2.05) is 54.2 Å².